The van der Waals surface area contributed by atoms with Gasteiger partial charge in [0.1, 0.15) is 11.1 Å². The smallest absolute Gasteiger partial charge is 0.181 e. The number of rotatable bonds is 1. The van der Waals surface area contributed by atoms with Crippen molar-refractivity contribution in [2.45, 2.75) is 75.7 Å². The fraction of sp³-hybridized carbons (Fsp3) is 0.607. The van der Waals surface area contributed by atoms with Crippen molar-refractivity contribution in [1.82, 2.24) is 10.3 Å². The number of alkyl halides is 1. The monoisotopic (exact) mass is 468 g/mol. The molecule has 1 heterocycles. The molecule has 5 unspecified atom stereocenters. The van der Waals surface area contributed by atoms with Crippen molar-refractivity contribution in [1.29, 1.82) is 0 Å². The highest BCUT2D eigenvalue weighted by Crippen LogP contribution is 2.65. The number of halogens is 1. The molecule has 0 radical (unpaired) electrons. The van der Waals surface area contributed by atoms with Gasteiger partial charge in [-0.25, -0.2) is 9.37 Å². The quantitative estimate of drug-likeness (QED) is 0.502. The van der Waals surface area contributed by atoms with Crippen molar-refractivity contribution < 1.29 is 19.0 Å². The van der Waals surface area contributed by atoms with Gasteiger partial charge in [0.15, 0.2) is 17.6 Å². The maximum Gasteiger partial charge on any atom is 0.181 e. The summed E-state index contributed by atoms with van der Waals surface area (Å²) in [7, 11) is 3.75. The van der Waals surface area contributed by atoms with Gasteiger partial charge in [-0.3, -0.25) is 0 Å². The lowest BCUT2D eigenvalue weighted by atomic mass is 9.53. The van der Waals surface area contributed by atoms with Gasteiger partial charge in [0.25, 0.3) is 0 Å². The highest BCUT2D eigenvalue weighted by molar-refractivity contribution is 5.82. The fourth-order valence-corrected chi connectivity index (χ4v) is 7.26. The largest absolute Gasteiger partial charge is 0.443 e. The highest BCUT2D eigenvalue weighted by Gasteiger charge is 2.65. The number of nitrogens with zero attached hydrogens (tertiary/aromatic N) is 1. The second-order valence-corrected chi connectivity index (χ2v) is 11.0. The molecular weight excluding hydrogens is 431 g/mol. The Kier molecular flexibility index (Phi) is 5.98. The molecule has 4 aliphatic rings. The summed E-state index contributed by atoms with van der Waals surface area (Å²) in [5.74, 6) is 0.129. The summed E-state index contributed by atoms with van der Waals surface area (Å²) in [4.78, 5) is 4.30. The predicted octanol–water partition coefficient (Wildman–Crippen LogP) is 5.19. The third-order valence-electron chi connectivity index (χ3n) is 9.02. The van der Waals surface area contributed by atoms with Crippen LogP contribution in [-0.2, 0) is 0 Å². The normalized spacial score (nSPS) is 39.1. The van der Waals surface area contributed by atoms with E-state index in [0.717, 1.165) is 41.5 Å². The van der Waals surface area contributed by atoms with E-state index in [1.54, 1.807) is 6.08 Å². The number of nitrogens with one attached hydrogen (secondary N) is 1. The zero-order valence-corrected chi connectivity index (χ0v) is 20.5. The lowest BCUT2D eigenvalue weighted by Crippen LogP contribution is -2.61. The van der Waals surface area contributed by atoms with E-state index in [2.05, 4.69) is 29.4 Å². The van der Waals surface area contributed by atoms with Crippen molar-refractivity contribution in [2.75, 3.05) is 14.1 Å². The summed E-state index contributed by atoms with van der Waals surface area (Å²) < 4.78 is 22.0. The lowest BCUT2D eigenvalue weighted by Gasteiger charge is -2.55. The van der Waals surface area contributed by atoms with Crippen molar-refractivity contribution in [3.8, 4) is 0 Å². The molecule has 5 nitrogen and oxygen atoms in total. The molecule has 4 aliphatic carbocycles. The Morgan fingerprint density at radius 2 is 1.94 bits per heavy atom. The second kappa shape index (κ2) is 8.58. The average molecular weight is 469 g/mol. The number of benzene rings is 1. The van der Waals surface area contributed by atoms with Crippen molar-refractivity contribution in [2.24, 2.45) is 17.3 Å². The zero-order valence-electron chi connectivity index (χ0n) is 20.5. The zero-order chi connectivity index (χ0) is 24.1. The molecule has 0 amide bonds. The van der Waals surface area contributed by atoms with Gasteiger partial charge in [-0.1, -0.05) is 24.6 Å². The first-order valence-corrected chi connectivity index (χ1v) is 12.7. The van der Waals surface area contributed by atoms with Crippen molar-refractivity contribution in [3.05, 3.63) is 47.9 Å². The molecule has 6 rings (SSSR count). The van der Waals surface area contributed by atoms with E-state index in [0.29, 0.717) is 38.0 Å². The van der Waals surface area contributed by atoms with Gasteiger partial charge in [-0.2, -0.15) is 0 Å². The summed E-state index contributed by atoms with van der Waals surface area (Å²) in [5.41, 5.74) is 1.51. The Balaban J connectivity index is 0.000000764. The van der Waals surface area contributed by atoms with E-state index in [1.807, 2.05) is 26.2 Å². The van der Waals surface area contributed by atoms with E-state index in [1.165, 1.54) is 12.0 Å². The first-order chi connectivity index (χ1) is 16.2. The van der Waals surface area contributed by atoms with Gasteiger partial charge in [0.05, 0.1) is 6.10 Å². The first-order valence-electron chi connectivity index (χ1n) is 12.7. The lowest BCUT2D eigenvalue weighted by molar-refractivity contribution is -0.172. The molecule has 6 heteroatoms. The molecular formula is C28H37FN2O3. The predicted molar refractivity (Wildman–Crippen MR) is 132 cm³/mol. The molecule has 0 aliphatic heterocycles. The second-order valence-electron chi connectivity index (χ2n) is 11.0. The molecule has 184 valence electrons. The topological polar surface area (TPSA) is 78.5 Å². The van der Waals surface area contributed by atoms with Crippen LogP contribution in [0.5, 0.6) is 0 Å². The van der Waals surface area contributed by atoms with E-state index in [-0.39, 0.29) is 17.4 Å². The molecule has 3 N–H and O–H groups in total. The maximum atomic E-state index is 16.6. The maximum absolute atomic E-state index is 16.6. The summed E-state index contributed by atoms with van der Waals surface area (Å²) in [5, 5.41) is 24.9. The summed E-state index contributed by atoms with van der Waals surface area (Å²) in [6, 6.07) is 6.04. The fourth-order valence-electron chi connectivity index (χ4n) is 7.26. The number of hydrogen-bond acceptors (Lipinski definition) is 5. The van der Waals surface area contributed by atoms with Crippen LogP contribution in [0.1, 0.15) is 63.9 Å². The van der Waals surface area contributed by atoms with Crippen LogP contribution < -0.4 is 5.32 Å². The molecule has 0 spiro atoms. The number of oxazole rings is 1. The number of hydrogen-bond donors (Lipinski definition) is 3. The number of allylic oxidation sites excluding steroid dienone is 2. The van der Waals surface area contributed by atoms with Gasteiger partial charge in [0, 0.05) is 5.92 Å². The van der Waals surface area contributed by atoms with Gasteiger partial charge < -0.3 is 19.9 Å². The van der Waals surface area contributed by atoms with E-state index < -0.39 is 11.3 Å². The van der Waals surface area contributed by atoms with Crippen LogP contribution in [0.25, 0.3) is 16.7 Å². The van der Waals surface area contributed by atoms with Crippen molar-refractivity contribution in [3.63, 3.8) is 0 Å². The van der Waals surface area contributed by atoms with Gasteiger partial charge in [-0.15, -0.1) is 0 Å². The standard InChI is InChI=1S/C26H30FNO3.C2H7N/c1-24-10-11-25(27)14-18-12-19(29)4-2-16(18)8-9-26(25,30)23(24)7-5-20(24)17-3-6-22-21(13-17)28-15-31-22;1-3-2/h3,5-6,13-16,19,23,29-30H,2,4,7-12H2,1H3;3H,1-2H3/t16?,19?,23?,24?,25?,26-;/m0./s1. The van der Waals surface area contributed by atoms with Gasteiger partial charge in [-0.05, 0) is 106 Å². The Hall–Kier alpha value is -2.02. The third-order valence-corrected chi connectivity index (χ3v) is 9.02. The van der Waals surface area contributed by atoms with Crippen LogP contribution in [0.2, 0.25) is 0 Å². The first kappa shape index (κ1) is 23.7. The molecule has 2 fully saturated rings. The van der Waals surface area contributed by atoms with Crippen LogP contribution in [0, 0.1) is 17.3 Å². The summed E-state index contributed by atoms with van der Waals surface area (Å²) >= 11 is 0. The highest BCUT2D eigenvalue weighted by atomic mass is 19.1. The Morgan fingerprint density at radius 1 is 1.15 bits per heavy atom. The minimum Gasteiger partial charge on any atom is -0.443 e. The minimum absolute atomic E-state index is 0.163. The Morgan fingerprint density at radius 3 is 2.74 bits per heavy atom. The van der Waals surface area contributed by atoms with Crippen LogP contribution in [-0.4, -0.2) is 46.7 Å². The summed E-state index contributed by atoms with van der Waals surface area (Å²) in [6.45, 7) is 2.20. The molecule has 1 aromatic carbocycles. The molecule has 0 saturated heterocycles. The van der Waals surface area contributed by atoms with Gasteiger partial charge in [0.2, 0.25) is 0 Å². The molecule has 6 atom stereocenters. The Labute approximate surface area is 201 Å². The Bertz CT molecular complexity index is 1130. The van der Waals surface area contributed by atoms with Crippen molar-refractivity contribution >= 4 is 16.7 Å². The average Bonchev–Trinajstić information content (AvgIpc) is 3.38. The van der Waals surface area contributed by atoms with E-state index in [9.17, 15) is 10.2 Å². The molecule has 2 saturated carbocycles. The van der Waals surface area contributed by atoms with Crippen LogP contribution in [0.3, 0.4) is 0 Å². The number of fused-ring (bicyclic) bond motifs is 5. The SMILES string of the molecule is CC12CCC3(F)C=C4CC(O)CCC4CC[C@]3(O)C1CC=C2c1ccc2ocnc2c1.CNC. The van der Waals surface area contributed by atoms with Crippen LogP contribution >= 0.6 is 0 Å². The summed E-state index contributed by atoms with van der Waals surface area (Å²) in [6.07, 6.45) is 10.2. The van der Waals surface area contributed by atoms with E-state index in [4.69, 9.17) is 4.42 Å². The third kappa shape index (κ3) is 3.57. The minimum atomic E-state index is -1.72. The molecule has 1 aromatic heterocycles. The molecule has 2 aromatic rings. The molecule has 34 heavy (non-hydrogen) atoms. The van der Waals surface area contributed by atoms with Gasteiger partial charge >= 0.3 is 0 Å². The molecule has 0 bridgehead atoms. The van der Waals surface area contributed by atoms with E-state index >= 15 is 4.39 Å². The van der Waals surface area contributed by atoms with Crippen LogP contribution in [0.15, 0.2) is 46.7 Å². The number of aliphatic hydroxyl groups is 2. The van der Waals surface area contributed by atoms with Crippen LogP contribution in [0.4, 0.5) is 4.39 Å². The number of aliphatic hydroxyl groups excluding tert-OH is 1. The number of aromatic nitrogens is 1.